The number of rotatable bonds is 17. The van der Waals surface area contributed by atoms with Gasteiger partial charge < -0.3 is 30.8 Å². The largest absolute Gasteiger partial charge is 0.378 e. The van der Waals surface area contributed by atoms with Gasteiger partial charge in [0.15, 0.2) is 0 Å². The second-order valence-electron chi connectivity index (χ2n) is 8.09. The average molecular weight is 520 g/mol. The van der Waals surface area contributed by atoms with Crippen LogP contribution in [0.1, 0.15) is 12.8 Å². The lowest BCUT2D eigenvalue weighted by atomic mass is 10.1. The Bertz CT molecular complexity index is 1120. The van der Waals surface area contributed by atoms with Crippen molar-refractivity contribution in [3.05, 3.63) is 36.4 Å². The first kappa shape index (κ1) is 29.3. The standard InChI is InChI=1S/C24H37N7O4S/c1-31(2)22-9-3-8-21-20(22)7-4-10-23(21)36(32,33)29-13-6-12-27-19-24(30-26)28-14-16-35-18-17-34-15-5-11-25/h3-4,7-10,27,29H,5-6,12-19,26H2,1-2H3,(H,28,30). The smallest absolute Gasteiger partial charge is 0.241 e. The van der Waals surface area contributed by atoms with Gasteiger partial charge in [-0.25, -0.2) is 13.1 Å². The van der Waals surface area contributed by atoms with Crippen LogP contribution in [-0.2, 0) is 19.5 Å². The van der Waals surface area contributed by atoms with Crippen LogP contribution in [0.4, 0.5) is 5.69 Å². The van der Waals surface area contributed by atoms with Gasteiger partial charge in [0.1, 0.15) is 5.84 Å². The Kier molecular flexibility index (Phi) is 13.0. The number of hydrogen-bond acceptors (Lipinski definition) is 9. The molecule has 0 atom stereocenters. The second kappa shape index (κ2) is 15.9. The molecule has 0 unspecified atom stereocenters. The van der Waals surface area contributed by atoms with Crippen LogP contribution in [0.2, 0.25) is 0 Å². The van der Waals surface area contributed by atoms with Crippen molar-refractivity contribution in [1.82, 2.24) is 15.4 Å². The van der Waals surface area contributed by atoms with Crippen LogP contribution in [0, 0.1) is 11.3 Å². The second-order valence-corrected chi connectivity index (χ2v) is 9.82. The zero-order valence-electron chi connectivity index (χ0n) is 21.0. The van der Waals surface area contributed by atoms with Gasteiger partial charge in [0.2, 0.25) is 10.0 Å². The maximum Gasteiger partial charge on any atom is 0.241 e. The van der Waals surface area contributed by atoms with Crippen molar-refractivity contribution in [3.8, 4) is 6.07 Å². The molecule has 0 saturated carbocycles. The number of sulfonamides is 1. The van der Waals surface area contributed by atoms with E-state index in [9.17, 15) is 8.42 Å². The number of nitrogens with zero attached hydrogens (tertiary/aromatic N) is 3. The number of nitriles is 1. The van der Waals surface area contributed by atoms with Crippen LogP contribution in [0.5, 0.6) is 0 Å². The van der Waals surface area contributed by atoms with Gasteiger partial charge in [0.05, 0.1) is 50.4 Å². The van der Waals surface area contributed by atoms with Crippen LogP contribution in [-0.4, -0.2) is 81.0 Å². The Labute approximate surface area is 213 Å². The number of hydrazone groups is 1. The molecule has 0 heterocycles. The van der Waals surface area contributed by atoms with E-state index in [2.05, 4.69) is 20.5 Å². The van der Waals surface area contributed by atoms with E-state index in [4.69, 9.17) is 20.6 Å². The first-order valence-electron chi connectivity index (χ1n) is 11.8. The zero-order chi connectivity index (χ0) is 26.2. The number of nitrogens with two attached hydrogens (primary N) is 1. The summed E-state index contributed by atoms with van der Waals surface area (Å²) in [6, 6.07) is 13.0. The van der Waals surface area contributed by atoms with Crippen molar-refractivity contribution in [1.29, 1.82) is 5.26 Å². The van der Waals surface area contributed by atoms with Crippen LogP contribution in [0.25, 0.3) is 10.8 Å². The minimum atomic E-state index is -3.65. The minimum Gasteiger partial charge on any atom is -0.378 e. The molecular weight excluding hydrogens is 482 g/mol. The molecule has 5 N–H and O–H groups in total. The molecule has 2 aromatic carbocycles. The van der Waals surface area contributed by atoms with Crippen LogP contribution < -0.4 is 26.1 Å². The lowest BCUT2D eigenvalue weighted by molar-refractivity contribution is 0.0519. The van der Waals surface area contributed by atoms with E-state index in [1.807, 2.05) is 49.3 Å². The third-order valence-corrected chi connectivity index (χ3v) is 6.73. The Morgan fingerprint density at radius 2 is 1.75 bits per heavy atom. The highest BCUT2D eigenvalue weighted by atomic mass is 32.2. The van der Waals surface area contributed by atoms with Crippen molar-refractivity contribution in [2.75, 3.05) is 71.6 Å². The Morgan fingerprint density at radius 3 is 2.47 bits per heavy atom. The first-order chi connectivity index (χ1) is 17.4. The molecule has 0 aliphatic heterocycles. The summed E-state index contributed by atoms with van der Waals surface area (Å²) in [5.41, 5.74) is 0.965. The molecule has 0 radical (unpaired) electrons. The minimum absolute atomic E-state index is 0.273. The van der Waals surface area contributed by atoms with E-state index in [1.165, 1.54) is 0 Å². The van der Waals surface area contributed by atoms with Gasteiger partial charge in [-0.1, -0.05) is 24.3 Å². The predicted octanol–water partition coefficient (Wildman–Crippen LogP) is 0.972. The first-order valence-corrected chi connectivity index (χ1v) is 13.3. The monoisotopic (exact) mass is 519 g/mol. The summed E-state index contributed by atoms with van der Waals surface area (Å²) >= 11 is 0. The molecular formula is C24H37N7O4S. The topological polar surface area (TPSA) is 154 Å². The SMILES string of the molecule is CN(C)c1cccc2c(S(=O)(=O)NCCCNC/C(=N/N)NCCOCCOCCC#N)cccc12. The number of hydrogen-bond donors (Lipinski definition) is 4. The maximum atomic E-state index is 13.0. The zero-order valence-corrected chi connectivity index (χ0v) is 21.8. The van der Waals surface area contributed by atoms with E-state index in [1.54, 1.807) is 12.1 Å². The number of fused-ring (bicyclic) bond motifs is 1. The van der Waals surface area contributed by atoms with Crippen molar-refractivity contribution in [2.24, 2.45) is 10.9 Å². The number of benzene rings is 2. The third-order valence-electron chi connectivity index (χ3n) is 5.21. The van der Waals surface area contributed by atoms with Gasteiger partial charge in [-0.05, 0) is 25.1 Å². The third kappa shape index (κ3) is 9.60. The molecule has 0 aromatic heterocycles. The van der Waals surface area contributed by atoms with E-state index in [-0.39, 0.29) is 4.90 Å². The van der Waals surface area contributed by atoms with E-state index < -0.39 is 10.0 Å². The highest BCUT2D eigenvalue weighted by molar-refractivity contribution is 7.89. The fraction of sp³-hybridized carbons (Fsp3) is 0.500. The Morgan fingerprint density at radius 1 is 1.03 bits per heavy atom. The van der Waals surface area contributed by atoms with Gasteiger partial charge in [-0.15, -0.1) is 0 Å². The molecule has 0 bridgehead atoms. The lowest BCUT2D eigenvalue weighted by Crippen LogP contribution is -2.37. The summed E-state index contributed by atoms with van der Waals surface area (Å²) in [5, 5.41) is 20.0. The quantitative estimate of drug-likeness (QED) is 0.0787. The molecule has 0 spiro atoms. The van der Waals surface area contributed by atoms with E-state index in [0.29, 0.717) is 76.7 Å². The maximum absolute atomic E-state index is 13.0. The highest BCUT2D eigenvalue weighted by Crippen LogP contribution is 2.30. The van der Waals surface area contributed by atoms with Gasteiger partial charge in [0, 0.05) is 43.6 Å². The summed E-state index contributed by atoms with van der Waals surface area (Å²) in [7, 11) is 0.214. The fourth-order valence-electron chi connectivity index (χ4n) is 3.45. The van der Waals surface area contributed by atoms with Crippen molar-refractivity contribution < 1.29 is 17.9 Å². The molecule has 11 nitrogen and oxygen atoms in total. The summed E-state index contributed by atoms with van der Waals surface area (Å²) in [6.07, 6.45) is 0.971. The highest BCUT2D eigenvalue weighted by Gasteiger charge is 2.17. The molecule has 0 saturated heterocycles. The molecule has 198 valence electrons. The van der Waals surface area contributed by atoms with Crippen molar-refractivity contribution in [2.45, 2.75) is 17.7 Å². The normalized spacial score (nSPS) is 12.0. The van der Waals surface area contributed by atoms with Crippen LogP contribution in [0.3, 0.4) is 0 Å². The predicted molar refractivity (Wildman–Crippen MR) is 142 cm³/mol. The number of ether oxygens (including phenoxy) is 2. The molecule has 0 aliphatic rings. The number of amidine groups is 1. The van der Waals surface area contributed by atoms with E-state index >= 15 is 0 Å². The van der Waals surface area contributed by atoms with Gasteiger partial charge in [0.25, 0.3) is 0 Å². The van der Waals surface area contributed by atoms with Crippen LogP contribution >= 0.6 is 0 Å². The molecule has 2 rings (SSSR count). The summed E-state index contributed by atoms with van der Waals surface area (Å²) < 4.78 is 39.2. The number of nitrogens with one attached hydrogen (secondary N) is 3. The van der Waals surface area contributed by atoms with Crippen molar-refractivity contribution >= 4 is 32.3 Å². The van der Waals surface area contributed by atoms with Gasteiger partial charge in [-0.2, -0.15) is 10.4 Å². The summed E-state index contributed by atoms with van der Waals surface area (Å²) in [5.74, 6) is 6.00. The van der Waals surface area contributed by atoms with Gasteiger partial charge >= 0.3 is 0 Å². The Hall–Kier alpha value is -2.95. The average Bonchev–Trinajstić information content (AvgIpc) is 2.87. The van der Waals surface area contributed by atoms with E-state index in [0.717, 1.165) is 11.1 Å². The van der Waals surface area contributed by atoms with Gasteiger partial charge in [-0.3, -0.25) is 0 Å². The molecule has 36 heavy (non-hydrogen) atoms. The van der Waals surface area contributed by atoms with Crippen molar-refractivity contribution in [3.63, 3.8) is 0 Å². The lowest BCUT2D eigenvalue weighted by Gasteiger charge is -2.17. The number of anilines is 1. The molecule has 0 aliphatic carbocycles. The summed E-state index contributed by atoms with van der Waals surface area (Å²) in [6.45, 7) is 3.62. The summed E-state index contributed by atoms with van der Waals surface area (Å²) in [4.78, 5) is 2.24. The van der Waals surface area contributed by atoms with Crippen LogP contribution in [0.15, 0.2) is 46.4 Å². The Balaban J connectivity index is 1.68. The fourth-order valence-corrected chi connectivity index (χ4v) is 4.75. The molecule has 12 heteroatoms. The molecule has 0 fully saturated rings. The molecule has 0 amide bonds. The molecule has 2 aromatic rings.